The lowest BCUT2D eigenvalue weighted by Gasteiger charge is -2.06. The van der Waals surface area contributed by atoms with Crippen LogP contribution in [0.25, 0.3) is 0 Å². The summed E-state index contributed by atoms with van der Waals surface area (Å²) in [4.78, 5) is 11.1. The van der Waals surface area contributed by atoms with Crippen LogP contribution in [0.3, 0.4) is 0 Å². The summed E-state index contributed by atoms with van der Waals surface area (Å²) < 4.78 is 22.3. The number of nitrogens with one attached hydrogen (secondary N) is 1. The Hall–Kier alpha value is -1.40. The second-order valence-corrected chi connectivity index (χ2v) is 4.53. The van der Waals surface area contributed by atoms with Crippen LogP contribution in [0.5, 0.6) is 0 Å². The van der Waals surface area contributed by atoms with Gasteiger partial charge in [0, 0.05) is 7.05 Å². The van der Waals surface area contributed by atoms with Crippen molar-refractivity contribution in [3.63, 3.8) is 0 Å². The van der Waals surface area contributed by atoms with Crippen molar-refractivity contribution in [1.29, 1.82) is 0 Å². The summed E-state index contributed by atoms with van der Waals surface area (Å²) in [5.74, 6) is -0.258. The van der Waals surface area contributed by atoms with E-state index in [1.165, 1.54) is 13.1 Å². The number of sulfonamides is 1. The van der Waals surface area contributed by atoms with Crippen molar-refractivity contribution in [3.05, 3.63) is 29.8 Å². The fraction of sp³-hybridized carbons (Fsp3) is 0.222. The molecule has 0 spiro atoms. The zero-order chi connectivity index (χ0) is 11.5. The second-order valence-electron chi connectivity index (χ2n) is 3.00. The quantitative estimate of drug-likeness (QED) is 0.739. The minimum Gasteiger partial charge on any atom is -0.359 e. The van der Waals surface area contributed by atoms with Crippen molar-refractivity contribution < 1.29 is 13.2 Å². The zero-order valence-corrected chi connectivity index (χ0v) is 9.04. The third-order valence-corrected chi connectivity index (χ3v) is 2.92. The molecule has 0 atom stereocenters. The molecule has 0 aliphatic carbocycles. The van der Waals surface area contributed by atoms with Gasteiger partial charge in [0.25, 0.3) is 0 Å². The molecule has 0 saturated carbocycles. The fourth-order valence-electron chi connectivity index (χ4n) is 1.19. The van der Waals surface area contributed by atoms with E-state index in [4.69, 9.17) is 5.14 Å². The Morgan fingerprint density at radius 2 is 2.00 bits per heavy atom. The number of benzene rings is 1. The van der Waals surface area contributed by atoms with E-state index in [1.807, 2.05) is 0 Å². The van der Waals surface area contributed by atoms with Crippen LogP contribution in [0.4, 0.5) is 0 Å². The van der Waals surface area contributed by atoms with Crippen LogP contribution >= 0.6 is 0 Å². The highest BCUT2D eigenvalue weighted by molar-refractivity contribution is 7.89. The van der Waals surface area contributed by atoms with Crippen molar-refractivity contribution >= 4 is 15.9 Å². The van der Waals surface area contributed by atoms with E-state index < -0.39 is 10.0 Å². The van der Waals surface area contributed by atoms with Crippen molar-refractivity contribution in [2.45, 2.75) is 11.3 Å². The molecule has 0 saturated heterocycles. The predicted octanol–water partition coefficient (Wildman–Crippen LogP) is -0.378. The molecule has 5 nitrogen and oxygen atoms in total. The summed E-state index contributed by atoms with van der Waals surface area (Å²) in [6, 6.07) is 6.17. The largest absolute Gasteiger partial charge is 0.359 e. The highest BCUT2D eigenvalue weighted by Crippen LogP contribution is 2.13. The lowest BCUT2D eigenvalue weighted by molar-refractivity contribution is -0.119. The molecule has 0 aliphatic rings. The third-order valence-electron chi connectivity index (χ3n) is 1.91. The minimum atomic E-state index is -3.77. The summed E-state index contributed by atoms with van der Waals surface area (Å²) in [5.41, 5.74) is 0.402. The molecule has 0 fully saturated rings. The van der Waals surface area contributed by atoms with Gasteiger partial charge in [-0.25, -0.2) is 13.6 Å². The SMILES string of the molecule is CNC(=O)Cc1ccccc1S(N)(=O)=O. The first-order valence-electron chi connectivity index (χ1n) is 4.26. The van der Waals surface area contributed by atoms with Crippen LogP contribution in [0.15, 0.2) is 29.2 Å². The van der Waals surface area contributed by atoms with Gasteiger partial charge in [-0.2, -0.15) is 0 Å². The molecule has 1 rings (SSSR count). The summed E-state index contributed by atoms with van der Waals surface area (Å²) >= 11 is 0. The molecule has 6 heteroatoms. The maximum absolute atomic E-state index is 11.2. The van der Waals surface area contributed by atoms with Crippen LogP contribution < -0.4 is 10.5 Å². The van der Waals surface area contributed by atoms with Gasteiger partial charge in [-0.3, -0.25) is 4.79 Å². The Balaban J connectivity index is 3.13. The molecule has 82 valence electrons. The normalized spacial score (nSPS) is 11.1. The van der Waals surface area contributed by atoms with Gasteiger partial charge >= 0.3 is 0 Å². The van der Waals surface area contributed by atoms with E-state index >= 15 is 0 Å². The minimum absolute atomic E-state index is 0.00308. The van der Waals surface area contributed by atoms with Gasteiger partial charge in [0.15, 0.2) is 0 Å². The van der Waals surface area contributed by atoms with Crippen molar-refractivity contribution in [2.75, 3.05) is 7.05 Å². The average molecular weight is 228 g/mol. The molecule has 1 aromatic rings. The van der Waals surface area contributed by atoms with E-state index in [1.54, 1.807) is 18.2 Å². The van der Waals surface area contributed by atoms with E-state index in [9.17, 15) is 13.2 Å². The number of hydrogen-bond donors (Lipinski definition) is 2. The molecule has 15 heavy (non-hydrogen) atoms. The summed E-state index contributed by atoms with van der Waals surface area (Å²) in [6.45, 7) is 0. The predicted molar refractivity (Wildman–Crippen MR) is 55.6 cm³/mol. The monoisotopic (exact) mass is 228 g/mol. The number of likely N-dealkylation sites (N-methyl/N-ethyl adjacent to an activating group) is 1. The van der Waals surface area contributed by atoms with Gasteiger partial charge in [-0.05, 0) is 11.6 Å². The number of amides is 1. The lowest BCUT2D eigenvalue weighted by Crippen LogP contribution is -2.22. The fourth-order valence-corrected chi connectivity index (χ4v) is 1.96. The molecule has 3 N–H and O–H groups in total. The highest BCUT2D eigenvalue weighted by Gasteiger charge is 2.14. The lowest BCUT2D eigenvalue weighted by atomic mass is 10.1. The molecule has 0 heterocycles. The Morgan fingerprint density at radius 3 is 2.53 bits per heavy atom. The number of carbonyl (C=O) groups excluding carboxylic acids is 1. The van der Waals surface area contributed by atoms with Crippen LogP contribution in [0, 0.1) is 0 Å². The Morgan fingerprint density at radius 1 is 1.40 bits per heavy atom. The van der Waals surface area contributed by atoms with Crippen LogP contribution in [0.1, 0.15) is 5.56 Å². The maximum Gasteiger partial charge on any atom is 0.238 e. The molecule has 1 amide bonds. The van der Waals surface area contributed by atoms with Gasteiger partial charge in [-0.15, -0.1) is 0 Å². The van der Waals surface area contributed by atoms with Gasteiger partial charge in [0.2, 0.25) is 15.9 Å². The Labute approximate surface area is 88.3 Å². The second kappa shape index (κ2) is 4.41. The number of hydrogen-bond acceptors (Lipinski definition) is 3. The first kappa shape index (κ1) is 11.7. The van der Waals surface area contributed by atoms with Gasteiger partial charge in [0.1, 0.15) is 0 Å². The van der Waals surface area contributed by atoms with E-state index in [0.29, 0.717) is 5.56 Å². The van der Waals surface area contributed by atoms with Gasteiger partial charge < -0.3 is 5.32 Å². The highest BCUT2D eigenvalue weighted by atomic mass is 32.2. The topological polar surface area (TPSA) is 89.3 Å². The number of rotatable bonds is 3. The zero-order valence-electron chi connectivity index (χ0n) is 8.23. The third kappa shape index (κ3) is 3.03. The van der Waals surface area contributed by atoms with E-state index in [2.05, 4.69) is 5.32 Å². The van der Waals surface area contributed by atoms with Crippen molar-refractivity contribution in [3.8, 4) is 0 Å². The van der Waals surface area contributed by atoms with Crippen LogP contribution in [0.2, 0.25) is 0 Å². The molecule has 1 aromatic carbocycles. The average Bonchev–Trinajstić information content (AvgIpc) is 2.17. The molecular formula is C9H12N2O3S. The Bertz CT molecular complexity index is 468. The van der Waals surface area contributed by atoms with Gasteiger partial charge in [0.05, 0.1) is 11.3 Å². The number of nitrogens with two attached hydrogens (primary N) is 1. The molecular weight excluding hydrogens is 216 g/mol. The van der Waals surface area contributed by atoms with E-state index in [-0.39, 0.29) is 17.2 Å². The van der Waals surface area contributed by atoms with Gasteiger partial charge in [-0.1, -0.05) is 18.2 Å². The van der Waals surface area contributed by atoms with Crippen LogP contribution in [-0.2, 0) is 21.2 Å². The molecule has 0 aromatic heterocycles. The summed E-state index contributed by atoms with van der Waals surface area (Å²) in [6.07, 6.45) is 0.00308. The molecule has 0 bridgehead atoms. The van der Waals surface area contributed by atoms with Crippen LogP contribution in [-0.4, -0.2) is 21.4 Å². The summed E-state index contributed by atoms with van der Waals surface area (Å²) in [7, 11) is -2.28. The Kier molecular flexibility index (Phi) is 3.43. The molecule has 0 aliphatic heterocycles. The smallest absolute Gasteiger partial charge is 0.238 e. The summed E-state index contributed by atoms with van der Waals surface area (Å²) in [5, 5.41) is 7.43. The molecule has 0 unspecified atom stereocenters. The number of primary sulfonamides is 1. The van der Waals surface area contributed by atoms with Crippen molar-refractivity contribution in [2.24, 2.45) is 5.14 Å². The standard InChI is InChI=1S/C9H12N2O3S/c1-11-9(12)6-7-4-2-3-5-8(7)15(10,13)14/h2-5H,6H2,1H3,(H,11,12)(H2,10,13,14). The first-order valence-corrected chi connectivity index (χ1v) is 5.81. The number of carbonyl (C=O) groups is 1. The van der Waals surface area contributed by atoms with Crippen molar-refractivity contribution in [1.82, 2.24) is 5.32 Å². The first-order chi connectivity index (χ1) is 6.95. The van der Waals surface area contributed by atoms with E-state index in [0.717, 1.165) is 0 Å². The maximum atomic E-state index is 11.2. The molecule has 0 radical (unpaired) electrons.